The van der Waals surface area contributed by atoms with Gasteiger partial charge in [-0.25, -0.2) is 4.98 Å². The Balaban J connectivity index is 1.96. The smallest absolute Gasteiger partial charge is 0.311 e. The molecule has 1 amide bonds. The molecule has 1 saturated carbocycles. The molecular weight excluding hydrogens is 332 g/mol. The van der Waals surface area contributed by atoms with Crippen LogP contribution in [0.3, 0.4) is 0 Å². The van der Waals surface area contributed by atoms with E-state index in [1.165, 1.54) is 13.2 Å². The van der Waals surface area contributed by atoms with Crippen LogP contribution >= 0.6 is 11.8 Å². The number of rotatable bonds is 7. The van der Waals surface area contributed by atoms with Crippen molar-refractivity contribution in [2.45, 2.75) is 36.9 Å². The normalized spacial score (nSPS) is 15.9. The molecule has 1 atom stereocenters. The van der Waals surface area contributed by atoms with Crippen LogP contribution < -0.4 is 10.9 Å². The van der Waals surface area contributed by atoms with E-state index in [1.807, 2.05) is 0 Å². The fourth-order valence-electron chi connectivity index (χ4n) is 2.20. The van der Waals surface area contributed by atoms with Crippen molar-refractivity contribution >= 4 is 23.6 Å². The van der Waals surface area contributed by atoms with E-state index >= 15 is 0 Å². The summed E-state index contributed by atoms with van der Waals surface area (Å²) >= 11 is 1.03. The molecule has 2 rings (SSSR count). The molecule has 1 aliphatic carbocycles. The topological polar surface area (TPSA) is 125 Å². The van der Waals surface area contributed by atoms with Gasteiger partial charge in [0.1, 0.15) is 5.54 Å². The zero-order valence-electron chi connectivity index (χ0n) is 13.4. The molecule has 0 spiro atoms. The Labute approximate surface area is 143 Å². The van der Waals surface area contributed by atoms with Crippen LogP contribution in [0.4, 0.5) is 0 Å². The van der Waals surface area contributed by atoms with Crippen LogP contribution in [-0.4, -0.2) is 40.2 Å². The minimum Gasteiger partial charge on any atom is -0.469 e. The summed E-state index contributed by atoms with van der Waals surface area (Å²) in [6.07, 6.45) is 1.75. The molecule has 24 heavy (non-hydrogen) atoms. The third-order valence-electron chi connectivity index (χ3n) is 3.69. The summed E-state index contributed by atoms with van der Waals surface area (Å²) in [5.41, 5.74) is -0.995. The van der Waals surface area contributed by atoms with E-state index < -0.39 is 17.1 Å². The number of hydrogen-bond acceptors (Lipinski definition) is 7. The maximum atomic E-state index is 12.0. The average Bonchev–Trinajstić information content (AvgIpc) is 3.37. The van der Waals surface area contributed by atoms with E-state index in [0.29, 0.717) is 0 Å². The van der Waals surface area contributed by atoms with Gasteiger partial charge in [0.05, 0.1) is 31.0 Å². The number of H-pyrrole nitrogens is 1. The van der Waals surface area contributed by atoms with Crippen LogP contribution in [0, 0.1) is 17.2 Å². The number of nitrogens with one attached hydrogen (secondary N) is 2. The van der Waals surface area contributed by atoms with Gasteiger partial charge in [0.15, 0.2) is 5.16 Å². The third-order valence-corrected chi connectivity index (χ3v) is 4.56. The van der Waals surface area contributed by atoms with Crippen molar-refractivity contribution in [3.63, 3.8) is 0 Å². The van der Waals surface area contributed by atoms with Gasteiger partial charge < -0.3 is 15.0 Å². The minimum atomic E-state index is -0.856. The lowest BCUT2D eigenvalue weighted by Crippen LogP contribution is -2.47. The summed E-state index contributed by atoms with van der Waals surface area (Å²) < 4.78 is 4.53. The predicted octanol–water partition coefficient (Wildman–Crippen LogP) is 0.386. The molecule has 1 heterocycles. The van der Waals surface area contributed by atoms with Crippen molar-refractivity contribution in [2.75, 3.05) is 12.9 Å². The second-order valence-electron chi connectivity index (χ2n) is 5.72. The molecule has 8 nitrogen and oxygen atoms in total. The van der Waals surface area contributed by atoms with Gasteiger partial charge in [-0.15, -0.1) is 0 Å². The molecule has 0 saturated heterocycles. The number of hydrogen-bond donors (Lipinski definition) is 2. The van der Waals surface area contributed by atoms with Crippen LogP contribution in [-0.2, 0) is 20.7 Å². The van der Waals surface area contributed by atoms with Crippen molar-refractivity contribution in [3.8, 4) is 6.07 Å². The molecular formula is C15H18N4O4S. The number of aromatic amines is 1. The summed E-state index contributed by atoms with van der Waals surface area (Å²) in [7, 11) is 1.25. The molecule has 0 bridgehead atoms. The van der Waals surface area contributed by atoms with Crippen LogP contribution in [0.15, 0.2) is 16.0 Å². The molecule has 1 aromatic heterocycles. The van der Waals surface area contributed by atoms with Gasteiger partial charge in [0.2, 0.25) is 5.91 Å². The molecule has 1 aliphatic rings. The van der Waals surface area contributed by atoms with E-state index in [1.54, 1.807) is 6.92 Å². The number of esters is 1. The average molecular weight is 350 g/mol. The van der Waals surface area contributed by atoms with Gasteiger partial charge >= 0.3 is 5.97 Å². The summed E-state index contributed by atoms with van der Waals surface area (Å²) in [6.45, 7) is 1.71. The monoisotopic (exact) mass is 350 g/mol. The van der Waals surface area contributed by atoms with Crippen molar-refractivity contribution < 1.29 is 14.3 Å². The SMILES string of the molecule is COC(=O)Cc1cc(=O)[nH]c(SCC(=O)N[C@](C)(C#N)C2CC2)n1. The lowest BCUT2D eigenvalue weighted by molar-refractivity contribution is -0.139. The maximum absolute atomic E-state index is 12.0. The quantitative estimate of drug-likeness (QED) is 0.414. The van der Waals surface area contributed by atoms with Crippen molar-refractivity contribution in [1.29, 1.82) is 5.26 Å². The first-order valence-corrected chi connectivity index (χ1v) is 8.37. The minimum absolute atomic E-state index is 0.00854. The van der Waals surface area contributed by atoms with Gasteiger partial charge in [-0.1, -0.05) is 11.8 Å². The lowest BCUT2D eigenvalue weighted by atomic mass is 9.98. The summed E-state index contributed by atoms with van der Waals surface area (Å²) in [4.78, 5) is 41.5. The first kappa shape index (κ1) is 18.0. The predicted molar refractivity (Wildman–Crippen MR) is 86.2 cm³/mol. The fourth-order valence-corrected chi connectivity index (χ4v) is 2.90. The number of methoxy groups -OCH3 is 1. The zero-order chi connectivity index (χ0) is 17.7. The number of aromatic nitrogens is 2. The van der Waals surface area contributed by atoms with Gasteiger partial charge in [-0.05, 0) is 25.7 Å². The van der Waals surface area contributed by atoms with Crippen molar-refractivity contribution in [2.24, 2.45) is 5.92 Å². The zero-order valence-corrected chi connectivity index (χ0v) is 14.2. The van der Waals surface area contributed by atoms with Gasteiger partial charge in [0, 0.05) is 6.07 Å². The van der Waals surface area contributed by atoms with E-state index in [9.17, 15) is 19.6 Å². The number of nitriles is 1. The number of amides is 1. The molecule has 2 N–H and O–H groups in total. The van der Waals surface area contributed by atoms with Crippen LogP contribution in [0.25, 0.3) is 0 Å². The van der Waals surface area contributed by atoms with Gasteiger partial charge in [0.25, 0.3) is 5.56 Å². The van der Waals surface area contributed by atoms with E-state index in [2.05, 4.69) is 26.1 Å². The third kappa shape index (κ3) is 4.83. The van der Waals surface area contributed by atoms with E-state index in [4.69, 9.17) is 0 Å². The molecule has 0 aliphatic heterocycles. The van der Waals surface area contributed by atoms with E-state index in [-0.39, 0.29) is 34.8 Å². The van der Waals surface area contributed by atoms with Gasteiger partial charge in [-0.2, -0.15) is 5.26 Å². The second kappa shape index (κ2) is 7.49. The lowest BCUT2D eigenvalue weighted by Gasteiger charge is -2.22. The first-order chi connectivity index (χ1) is 11.4. The van der Waals surface area contributed by atoms with Crippen LogP contribution in [0.2, 0.25) is 0 Å². The largest absolute Gasteiger partial charge is 0.469 e. The molecule has 9 heteroatoms. The number of carbonyl (C=O) groups excluding carboxylic acids is 2. The van der Waals surface area contributed by atoms with E-state index in [0.717, 1.165) is 24.6 Å². The number of ether oxygens (including phenoxy) is 1. The molecule has 0 aromatic carbocycles. The van der Waals surface area contributed by atoms with Gasteiger partial charge in [-0.3, -0.25) is 14.4 Å². The molecule has 1 fully saturated rings. The Kier molecular flexibility index (Phi) is 5.62. The Morgan fingerprint density at radius 2 is 2.29 bits per heavy atom. The summed E-state index contributed by atoms with van der Waals surface area (Å²) in [5, 5.41) is 12.2. The molecule has 1 aromatic rings. The highest BCUT2D eigenvalue weighted by molar-refractivity contribution is 7.99. The summed E-state index contributed by atoms with van der Waals surface area (Å²) in [5.74, 6) is -0.611. The highest BCUT2D eigenvalue weighted by atomic mass is 32.2. The van der Waals surface area contributed by atoms with Crippen LogP contribution in [0.5, 0.6) is 0 Å². The fraction of sp³-hybridized carbons (Fsp3) is 0.533. The Hall–Kier alpha value is -2.34. The molecule has 128 valence electrons. The highest BCUT2D eigenvalue weighted by Gasteiger charge is 2.42. The Morgan fingerprint density at radius 3 is 2.88 bits per heavy atom. The molecule has 0 unspecified atom stereocenters. The Morgan fingerprint density at radius 1 is 1.58 bits per heavy atom. The Bertz CT molecular complexity index is 738. The number of nitrogens with zero attached hydrogens (tertiary/aromatic N) is 2. The van der Waals surface area contributed by atoms with Crippen molar-refractivity contribution in [3.05, 3.63) is 22.1 Å². The first-order valence-electron chi connectivity index (χ1n) is 7.38. The van der Waals surface area contributed by atoms with Crippen LogP contribution in [0.1, 0.15) is 25.5 Å². The maximum Gasteiger partial charge on any atom is 0.311 e. The number of carbonyl (C=O) groups is 2. The number of thioether (sulfide) groups is 1. The highest BCUT2D eigenvalue weighted by Crippen LogP contribution is 2.39. The van der Waals surface area contributed by atoms with Crippen molar-refractivity contribution in [1.82, 2.24) is 15.3 Å². The second-order valence-corrected chi connectivity index (χ2v) is 6.68. The standard InChI is InChI=1S/C15H18N4O4S/c1-15(8-16,9-3-4-9)19-12(21)7-24-14-17-10(5-11(20)18-14)6-13(22)23-2/h5,9H,3-4,6-7H2,1-2H3,(H,19,21)(H,17,18,20)/t15-/m1/s1. The summed E-state index contributed by atoms with van der Waals surface area (Å²) in [6, 6.07) is 3.36. The molecule has 0 radical (unpaired) electrons.